The number of piperazine rings is 1. The van der Waals surface area contributed by atoms with Crippen molar-refractivity contribution >= 4 is 43.3 Å². The molecule has 2 aliphatic heterocycles. The average Bonchev–Trinajstić information content (AvgIpc) is 3.30. The second-order valence-electron chi connectivity index (χ2n) is 11.0. The van der Waals surface area contributed by atoms with Crippen LogP contribution in [-0.2, 0) is 22.9 Å². The molecule has 0 unspecified atom stereocenters. The smallest absolute Gasteiger partial charge is 0.253 e. The van der Waals surface area contributed by atoms with Crippen molar-refractivity contribution in [3.8, 4) is 0 Å². The Labute approximate surface area is 228 Å². The molecule has 2 atom stereocenters. The van der Waals surface area contributed by atoms with E-state index in [1.807, 2.05) is 23.2 Å². The summed E-state index contributed by atoms with van der Waals surface area (Å²) in [6.45, 7) is 7.45. The van der Waals surface area contributed by atoms with Gasteiger partial charge in [0.25, 0.3) is 5.91 Å². The monoisotopic (exact) mass is 553 g/mol. The van der Waals surface area contributed by atoms with Crippen molar-refractivity contribution in [1.82, 2.24) is 19.2 Å². The van der Waals surface area contributed by atoms with E-state index in [2.05, 4.69) is 16.8 Å². The maximum Gasteiger partial charge on any atom is 0.253 e. The van der Waals surface area contributed by atoms with Crippen LogP contribution in [0.2, 0.25) is 0 Å². The molecule has 4 heterocycles. The largest absolute Gasteiger partial charge is 0.352 e. The summed E-state index contributed by atoms with van der Waals surface area (Å²) in [5, 5.41) is 1.21. The van der Waals surface area contributed by atoms with E-state index < -0.39 is 10.0 Å². The van der Waals surface area contributed by atoms with Crippen molar-refractivity contribution in [2.45, 2.75) is 63.3 Å². The van der Waals surface area contributed by atoms with E-state index >= 15 is 0 Å². The minimum absolute atomic E-state index is 0.00520. The molecule has 1 aliphatic carbocycles. The fourth-order valence-corrected chi connectivity index (χ4v) is 9.18. The number of hydrogen-bond acceptors (Lipinski definition) is 7. The Balaban J connectivity index is 1.14. The van der Waals surface area contributed by atoms with Crippen molar-refractivity contribution in [3.63, 3.8) is 0 Å². The molecule has 0 saturated carbocycles. The number of hydrogen-bond donors (Lipinski definition) is 0. The first-order valence-corrected chi connectivity index (χ1v) is 16.0. The summed E-state index contributed by atoms with van der Waals surface area (Å²) in [6, 6.07) is 6.48. The molecule has 202 valence electrons. The van der Waals surface area contributed by atoms with E-state index in [0.717, 1.165) is 42.8 Å². The van der Waals surface area contributed by atoms with Crippen LogP contribution >= 0.6 is 11.3 Å². The van der Waals surface area contributed by atoms with Crippen LogP contribution in [0.4, 0.5) is 5.82 Å². The van der Waals surface area contributed by atoms with Crippen molar-refractivity contribution in [1.29, 1.82) is 0 Å². The summed E-state index contributed by atoms with van der Waals surface area (Å²) < 4.78 is 27.9. The maximum atomic E-state index is 13.3. The number of benzene rings is 1. The Hall–Kier alpha value is -2.56. The van der Waals surface area contributed by atoms with Gasteiger partial charge in [-0.3, -0.25) is 4.79 Å². The van der Waals surface area contributed by atoms with Gasteiger partial charge in [0, 0.05) is 49.2 Å². The molecule has 0 spiro atoms. The number of aromatic nitrogens is 2. The van der Waals surface area contributed by atoms with Crippen molar-refractivity contribution in [2.24, 2.45) is 5.92 Å². The third kappa shape index (κ3) is 4.60. The van der Waals surface area contributed by atoms with Gasteiger partial charge in [-0.15, -0.1) is 11.3 Å². The number of thiophene rings is 1. The number of anilines is 1. The van der Waals surface area contributed by atoms with Gasteiger partial charge >= 0.3 is 0 Å². The Morgan fingerprint density at radius 2 is 1.74 bits per heavy atom. The molecular weight excluding hydrogens is 518 g/mol. The predicted molar refractivity (Wildman–Crippen MR) is 150 cm³/mol. The first-order chi connectivity index (χ1) is 18.3. The molecule has 1 aromatic carbocycles. The van der Waals surface area contributed by atoms with Gasteiger partial charge in [0.15, 0.2) is 0 Å². The van der Waals surface area contributed by atoms with Gasteiger partial charge in [0.2, 0.25) is 10.0 Å². The van der Waals surface area contributed by atoms with Crippen LogP contribution in [0.25, 0.3) is 10.2 Å². The highest BCUT2D eigenvalue weighted by atomic mass is 32.2. The number of carbonyl (C=O) groups is 1. The quantitative estimate of drug-likeness (QED) is 0.478. The number of carbonyl (C=O) groups excluding carboxylic acids is 1. The van der Waals surface area contributed by atoms with E-state index in [1.165, 1.54) is 22.2 Å². The molecule has 8 nitrogen and oxygen atoms in total. The lowest BCUT2D eigenvalue weighted by atomic mass is 9.89. The van der Waals surface area contributed by atoms with Gasteiger partial charge in [-0.1, -0.05) is 13.3 Å². The lowest BCUT2D eigenvalue weighted by molar-refractivity contribution is 0.0746. The zero-order valence-electron chi connectivity index (χ0n) is 22.1. The molecule has 38 heavy (non-hydrogen) atoms. The second kappa shape index (κ2) is 10.2. The molecule has 2 saturated heterocycles. The van der Waals surface area contributed by atoms with Gasteiger partial charge in [-0.05, 0) is 74.8 Å². The fourth-order valence-electron chi connectivity index (χ4n) is 6.14. The van der Waals surface area contributed by atoms with E-state index in [-0.39, 0.29) is 16.8 Å². The highest BCUT2D eigenvalue weighted by molar-refractivity contribution is 7.89. The number of rotatable bonds is 4. The van der Waals surface area contributed by atoms with Gasteiger partial charge in [0.05, 0.1) is 10.3 Å². The molecule has 2 fully saturated rings. The number of piperidine rings is 1. The number of nitrogens with zero attached hydrogens (tertiary/aromatic N) is 5. The van der Waals surface area contributed by atoms with E-state index in [1.54, 1.807) is 34.9 Å². The molecule has 1 amide bonds. The van der Waals surface area contributed by atoms with Crippen LogP contribution in [0.3, 0.4) is 0 Å². The van der Waals surface area contributed by atoms with Crippen LogP contribution in [0, 0.1) is 5.92 Å². The summed E-state index contributed by atoms with van der Waals surface area (Å²) in [6.07, 6.45) is 7.90. The fraction of sp³-hybridized carbons (Fsp3) is 0.536. The molecule has 3 aliphatic rings. The number of aryl methyl sites for hydroxylation is 1. The lowest BCUT2D eigenvalue weighted by Crippen LogP contribution is -2.49. The summed E-state index contributed by atoms with van der Waals surface area (Å²) >= 11 is 1.81. The topological polar surface area (TPSA) is 86.7 Å². The molecule has 0 bridgehead atoms. The number of amides is 1. The number of sulfonamides is 1. The van der Waals surface area contributed by atoms with Crippen LogP contribution < -0.4 is 4.90 Å². The summed E-state index contributed by atoms with van der Waals surface area (Å²) in [7, 11) is -3.55. The normalized spacial score (nSPS) is 23.0. The zero-order chi connectivity index (χ0) is 26.4. The van der Waals surface area contributed by atoms with Crippen molar-refractivity contribution in [3.05, 3.63) is 46.6 Å². The summed E-state index contributed by atoms with van der Waals surface area (Å²) in [4.78, 5) is 29.5. The first-order valence-electron chi connectivity index (χ1n) is 13.7. The van der Waals surface area contributed by atoms with Gasteiger partial charge < -0.3 is 9.80 Å². The van der Waals surface area contributed by atoms with Gasteiger partial charge in [-0.2, -0.15) is 4.31 Å². The van der Waals surface area contributed by atoms with Crippen LogP contribution in [0.1, 0.15) is 60.3 Å². The lowest BCUT2D eigenvalue weighted by Gasteiger charge is -2.36. The Morgan fingerprint density at radius 3 is 2.47 bits per heavy atom. The average molecular weight is 554 g/mol. The Morgan fingerprint density at radius 1 is 0.974 bits per heavy atom. The summed E-state index contributed by atoms with van der Waals surface area (Å²) in [5.41, 5.74) is 1.95. The standard InChI is InChI=1S/C28H35N5O3S2/c1-19-6-11-23-24(17-19)37-27-25(23)26(29-18-30-27)31-13-15-32(16-14-31)28(34)21-7-9-22(10-8-21)38(35,36)33-12-4-3-5-20(33)2/h7-10,18-20H,3-6,11-17H2,1-2H3/t19-,20+/m0/s1. The van der Waals surface area contributed by atoms with Gasteiger partial charge in [-0.25, -0.2) is 18.4 Å². The summed E-state index contributed by atoms with van der Waals surface area (Å²) in [5.74, 6) is 1.65. The highest BCUT2D eigenvalue weighted by Gasteiger charge is 2.32. The van der Waals surface area contributed by atoms with Gasteiger partial charge in [0.1, 0.15) is 17.0 Å². The zero-order valence-corrected chi connectivity index (χ0v) is 23.7. The Bertz CT molecular complexity index is 1450. The highest BCUT2D eigenvalue weighted by Crippen LogP contribution is 2.40. The van der Waals surface area contributed by atoms with Crippen LogP contribution in [0.15, 0.2) is 35.5 Å². The van der Waals surface area contributed by atoms with Crippen LogP contribution in [0.5, 0.6) is 0 Å². The van der Waals surface area contributed by atoms with Crippen LogP contribution in [-0.4, -0.2) is 72.3 Å². The molecule has 6 rings (SSSR count). The second-order valence-corrected chi connectivity index (χ2v) is 14.0. The maximum absolute atomic E-state index is 13.3. The van der Waals surface area contributed by atoms with Crippen molar-refractivity contribution < 1.29 is 13.2 Å². The first kappa shape index (κ1) is 25.7. The van der Waals surface area contributed by atoms with E-state index in [9.17, 15) is 13.2 Å². The van der Waals surface area contributed by atoms with E-state index in [0.29, 0.717) is 44.2 Å². The van der Waals surface area contributed by atoms with E-state index in [4.69, 9.17) is 4.98 Å². The molecule has 10 heteroatoms. The molecule has 2 aromatic heterocycles. The Kier molecular flexibility index (Phi) is 6.90. The molecule has 3 aromatic rings. The predicted octanol–water partition coefficient (Wildman–Crippen LogP) is 4.34. The minimum Gasteiger partial charge on any atom is -0.352 e. The third-order valence-corrected chi connectivity index (χ3v) is 11.6. The third-order valence-electron chi connectivity index (χ3n) is 8.39. The minimum atomic E-state index is -3.55. The SMILES string of the molecule is C[C@H]1CCc2c(sc3ncnc(N4CCN(C(=O)c5ccc(S(=O)(=O)N6CCCC[C@H]6C)cc5)CC4)c23)C1. The molecule has 0 N–H and O–H groups in total. The molecular formula is C28H35N5O3S2. The molecule has 0 radical (unpaired) electrons. The number of fused-ring (bicyclic) bond motifs is 3. The van der Waals surface area contributed by atoms with Crippen molar-refractivity contribution in [2.75, 3.05) is 37.6 Å².